The van der Waals surface area contributed by atoms with Crippen LogP contribution in [0.25, 0.3) is 0 Å². The van der Waals surface area contributed by atoms with Gasteiger partial charge < -0.3 is 10.1 Å². The highest BCUT2D eigenvalue weighted by Crippen LogP contribution is 2.32. The SMILES string of the molecule is CC=CC(=O)OCC(=O)Nc1c(Br)cc(C)cc1Br. The van der Waals surface area contributed by atoms with Crippen molar-refractivity contribution in [3.05, 3.63) is 38.8 Å². The second-order valence-corrected chi connectivity index (χ2v) is 5.47. The number of carbonyl (C=O) groups is 2. The average Bonchev–Trinajstić information content (AvgIpc) is 2.31. The van der Waals surface area contributed by atoms with E-state index in [0.717, 1.165) is 14.5 Å². The van der Waals surface area contributed by atoms with E-state index in [1.807, 2.05) is 19.1 Å². The smallest absolute Gasteiger partial charge is 0.330 e. The van der Waals surface area contributed by atoms with E-state index >= 15 is 0 Å². The third kappa shape index (κ3) is 5.16. The van der Waals surface area contributed by atoms with Crippen molar-refractivity contribution >= 4 is 49.4 Å². The molecule has 4 nitrogen and oxygen atoms in total. The summed E-state index contributed by atoms with van der Waals surface area (Å²) in [5.74, 6) is -0.942. The van der Waals surface area contributed by atoms with Crippen molar-refractivity contribution in [1.82, 2.24) is 0 Å². The molecule has 1 rings (SSSR count). The summed E-state index contributed by atoms with van der Waals surface area (Å²) < 4.78 is 6.27. The number of ether oxygens (including phenoxy) is 1. The fraction of sp³-hybridized carbons (Fsp3) is 0.231. The summed E-state index contributed by atoms with van der Waals surface area (Å²) in [6, 6.07) is 3.76. The number of anilines is 1. The van der Waals surface area contributed by atoms with Gasteiger partial charge >= 0.3 is 5.97 Å². The van der Waals surface area contributed by atoms with Crippen LogP contribution in [0.2, 0.25) is 0 Å². The highest BCUT2D eigenvalue weighted by molar-refractivity contribution is 9.11. The number of allylic oxidation sites excluding steroid dienone is 1. The molecule has 0 spiro atoms. The van der Waals surface area contributed by atoms with Crippen molar-refractivity contribution < 1.29 is 14.3 Å². The number of benzene rings is 1. The zero-order valence-electron chi connectivity index (χ0n) is 10.5. The topological polar surface area (TPSA) is 55.4 Å². The zero-order valence-corrected chi connectivity index (χ0v) is 13.7. The van der Waals surface area contributed by atoms with Crippen LogP contribution < -0.4 is 5.32 Å². The molecule has 0 heterocycles. The molecule has 0 aromatic heterocycles. The lowest BCUT2D eigenvalue weighted by molar-refractivity contribution is -0.142. The Morgan fingerprint density at radius 1 is 1.32 bits per heavy atom. The number of carbonyl (C=O) groups excluding carboxylic acids is 2. The van der Waals surface area contributed by atoms with E-state index in [4.69, 9.17) is 4.74 Å². The van der Waals surface area contributed by atoms with Crippen LogP contribution in [0.3, 0.4) is 0 Å². The van der Waals surface area contributed by atoms with Gasteiger partial charge in [0.2, 0.25) is 0 Å². The molecule has 1 aromatic carbocycles. The Bertz CT molecular complexity index is 504. The molecule has 6 heteroatoms. The summed E-state index contributed by atoms with van der Waals surface area (Å²) >= 11 is 6.74. The molecule has 0 saturated heterocycles. The molecule has 0 atom stereocenters. The van der Waals surface area contributed by atoms with Gasteiger partial charge in [0, 0.05) is 15.0 Å². The fourth-order valence-electron chi connectivity index (χ4n) is 1.32. The summed E-state index contributed by atoms with van der Waals surface area (Å²) in [6.07, 6.45) is 2.80. The Balaban J connectivity index is 2.65. The number of amides is 1. The molecule has 0 aliphatic heterocycles. The van der Waals surface area contributed by atoms with Crippen LogP contribution in [-0.4, -0.2) is 18.5 Å². The number of nitrogens with one attached hydrogen (secondary N) is 1. The molecule has 0 bridgehead atoms. The van der Waals surface area contributed by atoms with Crippen molar-refractivity contribution in [3.8, 4) is 0 Å². The average molecular weight is 391 g/mol. The van der Waals surface area contributed by atoms with Crippen LogP contribution in [0, 0.1) is 6.92 Å². The van der Waals surface area contributed by atoms with Crippen LogP contribution in [0.4, 0.5) is 5.69 Å². The molecule has 0 unspecified atom stereocenters. The molecule has 1 amide bonds. The first-order chi connectivity index (χ1) is 8.93. The maximum Gasteiger partial charge on any atom is 0.330 e. The van der Waals surface area contributed by atoms with Gasteiger partial charge in [0.25, 0.3) is 5.91 Å². The van der Waals surface area contributed by atoms with Gasteiger partial charge in [-0.15, -0.1) is 0 Å². The number of hydrogen-bond donors (Lipinski definition) is 1. The number of halogens is 2. The highest BCUT2D eigenvalue weighted by atomic mass is 79.9. The number of esters is 1. The minimum Gasteiger partial charge on any atom is -0.452 e. The normalized spacial score (nSPS) is 10.5. The van der Waals surface area contributed by atoms with Gasteiger partial charge in [-0.25, -0.2) is 4.79 Å². The first-order valence-electron chi connectivity index (χ1n) is 5.49. The number of hydrogen-bond acceptors (Lipinski definition) is 3. The van der Waals surface area contributed by atoms with Gasteiger partial charge in [-0.3, -0.25) is 4.79 Å². The maximum absolute atomic E-state index is 11.7. The molecule has 19 heavy (non-hydrogen) atoms. The summed E-state index contributed by atoms with van der Waals surface area (Å²) in [6.45, 7) is 3.32. The molecule has 0 aliphatic carbocycles. The van der Waals surface area contributed by atoms with E-state index in [0.29, 0.717) is 5.69 Å². The molecule has 1 N–H and O–H groups in total. The lowest BCUT2D eigenvalue weighted by atomic mass is 10.2. The Morgan fingerprint density at radius 3 is 2.42 bits per heavy atom. The molecular weight excluding hydrogens is 378 g/mol. The van der Waals surface area contributed by atoms with Gasteiger partial charge in [-0.2, -0.15) is 0 Å². The zero-order chi connectivity index (χ0) is 14.4. The van der Waals surface area contributed by atoms with Gasteiger partial charge in [0.15, 0.2) is 6.61 Å². The van der Waals surface area contributed by atoms with E-state index in [-0.39, 0.29) is 6.61 Å². The van der Waals surface area contributed by atoms with Crippen molar-refractivity contribution in [3.63, 3.8) is 0 Å². The minimum atomic E-state index is -0.542. The number of aryl methyl sites for hydroxylation is 1. The van der Waals surface area contributed by atoms with Crippen molar-refractivity contribution in [2.45, 2.75) is 13.8 Å². The highest BCUT2D eigenvalue weighted by Gasteiger charge is 2.11. The second kappa shape index (κ2) is 7.45. The lowest BCUT2D eigenvalue weighted by Crippen LogP contribution is -2.20. The summed E-state index contributed by atoms with van der Waals surface area (Å²) in [5.41, 5.74) is 1.66. The molecule has 0 aliphatic rings. The van der Waals surface area contributed by atoms with Crippen molar-refractivity contribution in [2.24, 2.45) is 0 Å². The number of rotatable bonds is 4. The third-order valence-electron chi connectivity index (χ3n) is 2.10. The molecule has 0 fully saturated rings. The first-order valence-corrected chi connectivity index (χ1v) is 7.07. The molecule has 102 valence electrons. The monoisotopic (exact) mass is 389 g/mol. The Kier molecular flexibility index (Phi) is 6.24. The molecule has 1 aromatic rings. The van der Waals surface area contributed by atoms with Gasteiger partial charge in [-0.1, -0.05) is 6.08 Å². The Hall–Kier alpha value is -1.14. The standard InChI is InChI=1S/C13H13Br2NO3/c1-3-4-12(18)19-7-11(17)16-13-9(14)5-8(2)6-10(13)15/h3-6H,7H2,1-2H3,(H,16,17). The van der Waals surface area contributed by atoms with E-state index in [1.54, 1.807) is 13.0 Å². The van der Waals surface area contributed by atoms with Gasteiger partial charge in [-0.05, 0) is 63.4 Å². The minimum absolute atomic E-state index is 0.323. The summed E-state index contributed by atoms with van der Waals surface area (Å²) in [4.78, 5) is 22.7. The largest absolute Gasteiger partial charge is 0.452 e. The Labute approximate surface area is 128 Å². The van der Waals surface area contributed by atoms with E-state index in [2.05, 4.69) is 37.2 Å². The van der Waals surface area contributed by atoms with Crippen LogP contribution in [-0.2, 0) is 14.3 Å². The maximum atomic E-state index is 11.7. The first kappa shape index (κ1) is 15.9. The van der Waals surface area contributed by atoms with E-state index in [9.17, 15) is 9.59 Å². The summed E-state index contributed by atoms with van der Waals surface area (Å²) in [5, 5.41) is 2.67. The molecular formula is C13H13Br2NO3. The summed E-state index contributed by atoms with van der Waals surface area (Å²) in [7, 11) is 0. The van der Waals surface area contributed by atoms with Crippen LogP contribution >= 0.6 is 31.9 Å². The van der Waals surface area contributed by atoms with Crippen LogP contribution in [0.15, 0.2) is 33.2 Å². The molecule has 0 radical (unpaired) electrons. The lowest BCUT2D eigenvalue weighted by Gasteiger charge is -2.10. The van der Waals surface area contributed by atoms with Gasteiger partial charge in [0.1, 0.15) is 0 Å². The van der Waals surface area contributed by atoms with E-state index in [1.165, 1.54) is 6.08 Å². The van der Waals surface area contributed by atoms with Crippen LogP contribution in [0.1, 0.15) is 12.5 Å². The van der Waals surface area contributed by atoms with Gasteiger partial charge in [0.05, 0.1) is 5.69 Å². The second-order valence-electron chi connectivity index (χ2n) is 3.76. The van der Waals surface area contributed by atoms with E-state index < -0.39 is 11.9 Å². The fourth-order valence-corrected chi connectivity index (χ4v) is 2.93. The van der Waals surface area contributed by atoms with Crippen molar-refractivity contribution in [2.75, 3.05) is 11.9 Å². The van der Waals surface area contributed by atoms with Crippen LogP contribution in [0.5, 0.6) is 0 Å². The quantitative estimate of drug-likeness (QED) is 0.631. The third-order valence-corrected chi connectivity index (χ3v) is 3.35. The predicted molar refractivity (Wildman–Crippen MR) is 81.0 cm³/mol. The molecule has 0 saturated carbocycles. The van der Waals surface area contributed by atoms with Crippen molar-refractivity contribution in [1.29, 1.82) is 0 Å². The Morgan fingerprint density at radius 2 is 1.89 bits per heavy atom. The predicted octanol–water partition coefficient (Wildman–Crippen LogP) is 3.58.